The van der Waals surface area contributed by atoms with Crippen molar-refractivity contribution in [2.75, 3.05) is 6.61 Å². The van der Waals surface area contributed by atoms with E-state index in [-0.39, 0.29) is 30.6 Å². The maximum atomic E-state index is 13.7. The van der Waals surface area contributed by atoms with Gasteiger partial charge in [0, 0.05) is 13.0 Å². The number of benzene rings is 2. The van der Waals surface area contributed by atoms with E-state index in [2.05, 4.69) is 5.32 Å². The predicted molar refractivity (Wildman–Crippen MR) is 90.9 cm³/mol. The second-order valence-corrected chi connectivity index (χ2v) is 5.73. The van der Waals surface area contributed by atoms with Crippen LogP contribution < -0.4 is 10.1 Å². The van der Waals surface area contributed by atoms with Crippen molar-refractivity contribution >= 4 is 11.9 Å². The van der Waals surface area contributed by atoms with Crippen LogP contribution in [-0.2, 0) is 16.1 Å². The Balaban J connectivity index is 1.86. The van der Waals surface area contributed by atoms with Crippen molar-refractivity contribution in [3.63, 3.8) is 0 Å². The molecule has 0 spiro atoms. The summed E-state index contributed by atoms with van der Waals surface area (Å²) in [6.07, 6.45) is 0.177. The third-order valence-electron chi connectivity index (χ3n) is 3.68. The van der Waals surface area contributed by atoms with E-state index in [0.717, 1.165) is 5.56 Å². The number of rotatable bonds is 8. The molecule has 0 saturated heterocycles. The number of carbonyl (C=O) groups excluding carboxylic acids is 1. The Labute approximate surface area is 145 Å². The third kappa shape index (κ3) is 5.91. The molecule has 1 amide bonds. The molecule has 0 fully saturated rings. The largest absolute Gasteiger partial charge is 0.482 e. The first-order valence-corrected chi connectivity index (χ1v) is 7.90. The Morgan fingerprint density at radius 3 is 2.68 bits per heavy atom. The van der Waals surface area contributed by atoms with Crippen molar-refractivity contribution < 1.29 is 23.8 Å². The molecule has 0 aliphatic carbocycles. The average Bonchev–Trinajstić information content (AvgIpc) is 2.59. The van der Waals surface area contributed by atoms with Crippen LogP contribution in [-0.4, -0.2) is 23.6 Å². The van der Waals surface area contributed by atoms with Crippen LogP contribution >= 0.6 is 0 Å². The van der Waals surface area contributed by atoms with Gasteiger partial charge in [-0.05, 0) is 35.2 Å². The molecule has 0 bridgehead atoms. The van der Waals surface area contributed by atoms with Crippen molar-refractivity contribution in [3.05, 3.63) is 65.5 Å². The van der Waals surface area contributed by atoms with Gasteiger partial charge in [0.25, 0.3) is 0 Å². The van der Waals surface area contributed by atoms with E-state index in [0.29, 0.717) is 11.3 Å². The summed E-state index contributed by atoms with van der Waals surface area (Å²) in [4.78, 5) is 22.6. The van der Waals surface area contributed by atoms with Crippen LogP contribution in [0.4, 0.5) is 4.39 Å². The van der Waals surface area contributed by atoms with Crippen molar-refractivity contribution in [2.24, 2.45) is 0 Å². The molecule has 6 heteroatoms. The summed E-state index contributed by atoms with van der Waals surface area (Å²) in [6, 6.07) is 13.3. The van der Waals surface area contributed by atoms with Gasteiger partial charge >= 0.3 is 5.97 Å². The fourth-order valence-electron chi connectivity index (χ4n) is 2.43. The van der Waals surface area contributed by atoms with Crippen LogP contribution in [0.1, 0.15) is 30.4 Å². The number of aliphatic carboxylic acids is 1. The number of hydrogen-bond donors (Lipinski definition) is 2. The molecular weight excluding hydrogens is 325 g/mol. The molecular formula is C19H20FNO4. The van der Waals surface area contributed by atoms with Gasteiger partial charge in [-0.25, -0.2) is 9.18 Å². The lowest BCUT2D eigenvalue weighted by Gasteiger charge is -2.13. The minimum Gasteiger partial charge on any atom is -0.482 e. The van der Waals surface area contributed by atoms with Crippen molar-refractivity contribution in [1.82, 2.24) is 5.32 Å². The van der Waals surface area contributed by atoms with Crippen molar-refractivity contribution in [3.8, 4) is 5.75 Å². The van der Waals surface area contributed by atoms with Gasteiger partial charge in [0.15, 0.2) is 6.61 Å². The summed E-state index contributed by atoms with van der Waals surface area (Å²) in [7, 11) is 0. The average molecular weight is 345 g/mol. The standard InChI is InChI=1S/C19H20FNO4/c1-13(16-7-2-3-8-17(16)20)9-18(22)21-11-14-5-4-6-15(10-14)25-12-19(23)24/h2-8,10,13H,9,11-12H2,1H3,(H,21,22)(H,23,24). The van der Waals surface area contributed by atoms with Gasteiger partial charge in [0.2, 0.25) is 5.91 Å². The molecule has 2 rings (SSSR count). The zero-order valence-corrected chi connectivity index (χ0v) is 13.9. The van der Waals surface area contributed by atoms with E-state index in [4.69, 9.17) is 9.84 Å². The lowest BCUT2D eigenvalue weighted by Crippen LogP contribution is -2.24. The molecule has 5 nitrogen and oxygen atoms in total. The zero-order chi connectivity index (χ0) is 18.2. The highest BCUT2D eigenvalue weighted by Crippen LogP contribution is 2.21. The highest BCUT2D eigenvalue weighted by molar-refractivity contribution is 5.76. The molecule has 1 atom stereocenters. The molecule has 0 aliphatic rings. The summed E-state index contributed by atoms with van der Waals surface area (Å²) in [6.45, 7) is 1.67. The molecule has 1 unspecified atom stereocenters. The second kappa shape index (κ2) is 8.82. The Kier molecular flexibility index (Phi) is 6.51. The minimum atomic E-state index is -1.05. The summed E-state index contributed by atoms with van der Waals surface area (Å²) in [5.41, 5.74) is 1.30. The first-order chi connectivity index (χ1) is 12.0. The van der Waals surface area contributed by atoms with Gasteiger partial charge in [-0.3, -0.25) is 4.79 Å². The zero-order valence-electron chi connectivity index (χ0n) is 13.9. The lowest BCUT2D eigenvalue weighted by atomic mass is 9.97. The first kappa shape index (κ1) is 18.4. The van der Waals surface area contributed by atoms with E-state index in [1.54, 1.807) is 49.4 Å². The molecule has 0 aliphatic heterocycles. The Hall–Kier alpha value is -2.89. The van der Waals surface area contributed by atoms with Crippen LogP contribution in [0.5, 0.6) is 5.75 Å². The van der Waals surface area contributed by atoms with E-state index >= 15 is 0 Å². The third-order valence-corrected chi connectivity index (χ3v) is 3.68. The number of nitrogens with one attached hydrogen (secondary N) is 1. The molecule has 25 heavy (non-hydrogen) atoms. The number of amides is 1. The van der Waals surface area contributed by atoms with E-state index < -0.39 is 12.6 Å². The van der Waals surface area contributed by atoms with Crippen LogP contribution in [0, 0.1) is 5.82 Å². The number of halogens is 1. The number of carbonyl (C=O) groups is 2. The van der Waals surface area contributed by atoms with Gasteiger partial charge in [0.1, 0.15) is 11.6 Å². The molecule has 2 aromatic rings. The Bertz CT molecular complexity index is 748. The van der Waals surface area contributed by atoms with E-state index in [9.17, 15) is 14.0 Å². The van der Waals surface area contributed by atoms with Crippen LogP contribution in [0.2, 0.25) is 0 Å². The van der Waals surface area contributed by atoms with Crippen LogP contribution in [0.15, 0.2) is 48.5 Å². The Morgan fingerprint density at radius 2 is 1.96 bits per heavy atom. The van der Waals surface area contributed by atoms with E-state index in [1.165, 1.54) is 6.07 Å². The van der Waals surface area contributed by atoms with Crippen molar-refractivity contribution in [2.45, 2.75) is 25.8 Å². The van der Waals surface area contributed by atoms with Crippen LogP contribution in [0.25, 0.3) is 0 Å². The van der Waals surface area contributed by atoms with Gasteiger partial charge < -0.3 is 15.2 Å². The molecule has 0 saturated carbocycles. The first-order valence-electron chi connectivity index (χ1n) is 7.90. The number of carboxylic acid groups (broad SMARTS) is 1. The molecule has 2 aromatic carbocycles. The molecule has 0 heterocycles. The van der Waals surface area contributed by atoms with Gasteiger partial charge in [-0.2, -0.15) is 0 Å². The normalized spacial score (nSPS) is 11.6. The highest BCUT2D eigenvalue weighted by atomic mass is 19.1. The molecule has 0 radical (unpaired) electrons. The highest BCUT2D eigenvalue weighted by Gasteiger charge is 2.14. The quantitative estimate of drug-likeness (QED) is 0.771. The van der Waals surface area contributed by atoms with Gasteiger partial charge in [0.05, 0.1) is 0 Å². The fraction of sp³-hybridized carbons (Fsp3) is 0.263. The van der Waals surface area contributed by atoms with Crippen LogP contribution in [0.3, 0.4) is 0 Å². The SMILES string of the molecule is CC(CC(=O)NCc1cccc(OCC(=O)O)c1)c1ccccc1F. The topological polar surface area (TPSA) is 75.6 Å². The van der Waals surface area contributed by atoms with Gasteiger partial charge in [-0.15, -0.1) is 0 Å². The number of hydrogen-bond acceptors (Lipinski definition) is 3. The minimum absolute atomic E-state index is 0.177. The molecule has 2 N–H and O–H groups in total. The lowest BCUT2D eigenvalue weighted by molar-refractivity contribution is -0.139. The van der Waals surface area contributed by atoms with Gasteiger partial charge in [-0.1, -0.05) is 37.3 Å². The predicted octanol–water partition coefficient (Wildman–Crippen LogP) is 3.10. The molecule has 132 valence electrons. The summed E-state index contributed by atoms with van der Waals surface area (Å²) in [5.74, 6) is -1.36. The monoisotopic (exact) mass is 345 g/mol. The summed E-state index contributed by atoms with van der Waals surface area (Å²) in [5, 5.41) is 11.4. The number of ether oxygens (including phenoxy) is 1. The Morgan fingerprint density at radius 1 is 1.20 bits per heavy atom. The molecule has 0 aromatic heterocycles. The second-order valence-electron chi connectivity index (χ2n) is 5.73. The maximum Gasteiger partial charge on any atom is 0.341 e. The smallest absolute Gasteiger partial charge is 0.341 e. The number of carboxylic acids is 1. The maximum absolute atomic E-state index is 13.7. The van der Waals surface area contributed by atoms with Crippen molar-refractivity contribution in [1.29, 1.82) is 0 Å². The van der Waals surface area contributed by atoms with E-state index in [1.807, 2.05) is 0 Å². The summed E-state index contributed by atoms with van der Waals surface area (Å²) < 4.78 is 18.8. The fourth-order valence-corrected chi connectivity index (χ4v) is 2.43. The summed E-state index contributed by atoms with van der Waals surface area (Å²) >= 11 is 0.